The van der Waals surface area contributed by atoms with Gasteiger partial charge < -0.3 is 35.1 Å². The molecule has 0 amide bonds. The number of anilines is 2. The Balaban J connectivity index is 0.000000821. The Hall–Kier alpha value is -3.35. The number of aliphatic hydroxyl groups excluding tert-OH is 1. The molecule has 0 radical (unpaired) electrons. The Bertz CT molecular complexity index is 1130. The predicted molar refractivity (Wildman–Crippen MR) is 139 cm³/mol. The van der Waals surface area contributed by atoms with Crippen LogP contribution >= 0.6 is 0 Å². The number of aromatic nitrogens is 4. The number of aliphatic carboxylic acids is 1. The lowest BCUT2D eigenvalue weighted by atomic mass is 10.1. The second kappa shape index (κ2) is 18.3. The zero-order valence-electron chi connectivity index (χ0n) is 23.1. The fourth-order valence-corrected chi connectivity index (χ4v) is 3.64. The van der Waals surface area contributed by atoms with Crippen LogP contribution in [-0.2, 0) is 44.6 Å². The van der Waals surface area contributed by atoms with E-state index in [1.54, 1.807) is 0 Å². The third kappa shape index (κ3) is 14.1. The van der Waals surface area contributed by atoms with E-state index in [1.165, 1.54) is 0 Å². The highest BCUT2D eigenvalue weighted by molar-refractivity contribution is 5.73. The van der Waals surface area contributed by atoms with E-state index in [9.17, 15) is 26.3 Å². The number of carboxylic acids is 1. The molecule has 0 spiro atoms. The van der Waals surface area contributed by atoms with E-state index in [-0.39, 0.29) is 19.0 Å². The van der Waals surface area contributed by atoms with Crippen molar-refractivity contribution in [2.45, 2.75) is 51.0 Å². The molecule has 0 aliphatic heterocycles. The molecular weight excluding hydrogens is 594 g/mol. The second-order valence-electron chi connectivity index (χ2n) is 8.88. The first-order valence-electron chi connectivity index (χ1n) is 13.3. The number of hydrogen-bond donors (Lipinski definition) is 4. The monoisotopic (exact) mass is 628 g/mol. The van der Waals surface area contributed by atoms with Crippen LogP contribution in [0.25, 0.3) is 0 Å². The zero-order valence-corrected chi connectivity index (χ0v) is 23.1. The SMILES string of the molecule is O=C(O)C(F)(F)F.OCCOCCOCCOCCNc1nc(NCc2nccc(C(F)(F)F)n2)nc2c1CCCCC2. The number of carbonyl (C=O) groups is 1. The van der Waals surface area contributed by atoms with Gasteiger partial charge in [-0.05, 0) is 31.7 Å². The summed E-state index contributed by atoms with van der Waals surface area (Å²) in [5.74, 6) is -1.73. The van der Waals surface area contributed by atoms with Crippen molar-refractivity contribution in [2.24, 2.45) is 0 Å². The molecule has 18 heteroatoms. The first kappa shape index (κ1) is 35.8. The number of rotatable bonds is 15. The average molecular weight is 629 g/mol. The Morgan fingerprint density at radius 1 is 0.860 bits per heavy atom. The maximum atomic E-state index is 12.9. The van der Waals surface area contributed by atoms with E-state index in [2.05, 4.69) is 30.6 Å². The van der Waals surface area contributed by atoms with Gasteiger partial charge in [0.2, 0.25) is 5.95 Å². The Kier molecular flexibility index (Phi) is 15.3. The van der Waals surface area contributed by atoms with Crippen molar-refractivity contribution >= 4 is 17.7 Å². The summed E-state index contributed by atoms with van der Waals surface area (Å²) in [5.41, 5.74) is 1.02. The largest absolute Gasteiger partial charge is 0.490 e. The maximum absolute atomic E-state index is 12.9. The Morgan fingerprint density at radius 2 is 1.49 bits per heavy atom. The van der Waals surface area contributed by atoms with Crippen molar-refractivity contribution in [2.75, 3.05) is 63.4 Å². The van der Waals surface area contributed by atoms with Crippen molar-refractivity contribution in [3.8, 4) is 0 Å². The normalized spacial score (nSPS) is 13.4. The van der Waals surface area contributed by atoms with Crippen molar-refractivity contribution in [3.05, 3.63) is 35.0 Å². The van der Waals surface area contributed by atoms with Crippen molar-refractivity contribution in [1.29, 1.82) is 0 Å². The molecule has 0 atom stereocenters. The topological polar surface area (TPSA) is 161 Å². The maximum Gasteiger partial charge on any atom is 0.490 e. The number of alkyl halides is 6. The summed E-state index contributed by atoms with van der Waals surface area (Å²) >= 11 is 0. The number of carboxylic acid groups (broad SMARTS) is 1. The molecule has 0 saturated heterocycles. The minimum absolute atomic E-state index is 0.00650. The molecule has 2 heterocycles. The van der Waals surface area contributed by atoms with Gasteiger partial charge in [-0.25, -0.2) is 19.7 Å². The molecule has 3 rings (SSSR count). The van der Waals surface area contributed by atoms with Gasteiger partial charge >= 0.3 is 18.3 Å². The van der Waals surface area contributed by atoms with E-state index in [4.69, 9.17) is 29.2 Å². The lowest BCUT2D eigenvalue weighted by molar-refractivity contribution is -0.192. The molecule has 4 N–H and O–H groups in total. The molecule has 2 aromatic rings. The third-order valence-electron chi connectivity index (χ3n) is 5.59. The van der Waals surface area contributed by atoms with Gasteiger partial charge in [0.25, 0.3) is 0 Å². The molecule has 0 aromatic carbocycles. The van der Waals surface area contributed by atoms with Crippen LogP contribution in [0.3, 0.4) is 0 Å². The Labute approximate surface area is 243 Å². The molecule has 0 bridgehead atoms. The molecule has 12 nitrogen and oxygen atoms in total. The number of hydrogen-bond acceptors (Lipinski definition) is 11. The quantitative estimate of drug-likeness (QED) is 0.130. The van der Waals surface area contributed by atoms with Crippen LogP contribution in [0.4, 0.5) is 38.1 Å². The number of halogens is 6. The summed E-state index contributed by atoms with van der Waals surface area (Å²) in [6.07, 6.45) is -3.67. The van der Waals surface area contributed by atoms with Gasteiger partial charge in [-0.3, -0.25) is 0 Å². The number of aryl methyl sites for hydroxylation is 1. The van der Waals surface area contributed by atoms with Crippen LogP contribution in [-0.4, -0.2) is 95.1 Å². The molecule has 0 saturated carbocycles. The first-order chi connectivity index (χ1) is 20.4. The molecule has 1 aliphatic carbocycles. The molecule has 0 fully saturated rings. The molecule has 2 aromatic heterocycles. The van der Waals surface area contributed by atoms with Crippen LogP contribution < -0.4 is 10.6 Å². The highest BCUT2D eigenvalue weighted by atomic mass is 19.4. The molecule has 43 heavy (non-hydrogen) atoms. The van der Waals surface area contributed by atoms with Crippen molar-refractivity contribution in [1.82, 2.24) is 19.9 Å². The van der Waals surface area contributed by atoms with Crippen molar-refractivity contribution < 1.29 is 55.6 Å². The van der Waals surface area contributed by atoms with Gasteiger partial charge in [-0.2, -0.15) is 31.3 Å². The van der Waals surface area contributed by atoms with Crippen LogP contribution in [0.15, 0.2) is 12.3 Å². The molecular formula is C25H34F6N6O6. The van der Waals surface area contributed by atoms with Crippen LogP contribution in [0.1, 0.15) is 42.0 Å². The fraction of sp³-hybridized carbons (Fsp3) is 0.640. The molecule has 0 unspecified atom stereocenters. The highest BCUT2D eigenvalue weighted by Crippen LogP contribution is 2.28. The summed E-state index contributed by atoms with van der Waals surface area (Å²) in [7, 11) is 0. The summed E-state index contributed by atoms with van der Waals surface area (Å²) in [4.78, 5) is 25.6. The molecule has 1 aliphatic rings. The number of fused-ring (bicyclic) bond motifs is 1. The van der Waals surface area contributed by atoms with Crippen molar-refractivity contribution in [3.63, 3.8) is 0 Å². The number of nitrogens with one attached hydrogen (secondary N) is 2. The minimum Gasteiger partial charge on any atom is -0.475 e. The summed E-state index contributed by atoms with van der Waals surface area (Å²) in [6.45, 7) is 2.99. The standard InChI is InChI=1S/C23H33F3N6O4.C2HF3O2/c24-23(25,26)19-6-7-27-20(31-19)16-29-22-30-18-5-3-1-2-4-17(18)21(32-22)28-8-10-34-12-14-36-15-13-35-11-9-33;3-2(4,5)1(6)7/h6-7,33H,1-5,8-16H2,(H2,28,29,30,32);(H,6,7). The van der Waals surface area contributed by atoms with Crippen LogP contribution in [0.5, 0.6) is 0 Å². The highest BCUT2D eigenvalue weighted by Gasteiger charge is 2.38. The lowest BCUT2D eigenvalue weighted by Gasteiger charge is -2.16. The van der Waals surface area contributed by atoms with E-state index in [1.807, 2.05) is 0 Å². The minimum atomic E-state index is -5.08. The van der Waals surface area contributed by atoms with Gasteiger partial charge in [-0.1, -0.05) is 6.42 Å². The molecule has 242 valence electrons. The fourth-order valence-electron chi connectivity index (χ4n) is 3.64. The van der Waals surface area contributed by atoms with Crippen LogP contribution in [0, 0.1) is 0 Å². The average Bonchev–Trinajstić information content (AvgIpc) is 3.20. The first-order valence-corrected chi connectivity index (χ1v) is 13.3. The summed E-state index contributed by atoms with van der Waals surface area (Å²) in [5, 5.41) is 22.0. The van der Waals surface area contributed by atoms with Gasteiger partial charge in [0.05, 0.1) is 58.5 Å². The summed E-state index contributed by atoms with van der Waals surface area (Å²) < 4.78 is 86.6. The smallest absolute Gasteiger partial charge is 0.475 e. The van der Waals surface area contributed by atoms with Gasteiger partial charge in [-0.15, -0.1) is 0 Å². The van der Waals surface area contributed by atoms with Crippen LogP contribution in [0.2, 0.25) is 0 Å². The third-order valence-corrected chi connectivity index (χ3v) is 5.59. The van der Waals surface area contributed by atoms with E-state index >= 15 is 0 Å². The van der Waals surface area contributed by atoms with Gasteiger partial charge in [0.1, 0.15) is 17.3 Å². The van der Waals surface area contributed by atoms with E-state index < -0.39 is 24.0 Å². The van der Waals surface area contributed by atoms with E-state index in [0.717, 1.165) is 55.6 Å². The zero-order chi connectivity index (χ0) is 31.7. The predicted octanol–water partition coefficient (Wildman–Crippen LogP) is 3.25. The number of nitrogens with zero attached hydrogens (tertiary/aromatic N) is 4. The summed E-state index contributed by atoms with van der Waals surface area (Å²) in [6, 6.07) is 0.840. The van der Waals surface area contributed by atoms with Gasteiger partial charge in [0, 0.05) is 18.3 Å². The number of aliphatic hydroxyl groups is 1. The van der Waals surface area contributed by atoms with Gasteiger partial charge in [0.15, 0.2) is 0 Å². The lowest BCUT2D eigenvalue weighted by Crippen LogP contribution is -2.21. The van der Waals surface area contributed by atoms with E-state index in [0.29, 0.717) is 58.0 Å². The second-order valence-corrected chi connectivity index (χ2v) is 8.88. The number of ether oxygens (including phenoxy) is 3. The Morgan fingerprint density at radius 3 is 2.12 bits per heavy atom.